The summed E-state index contributed by atoms with van der Waals surface area (Å²) in [6, 6.07) is 17.2. The van der Waals surface area contributed by atoms with E-state index in [1.165, 1.54) is 5.56 Å². The standard InChI is InChI=1S/C26H30ClN5O2/c1-19(2)20-7-9-21(10-8-20)26(34)31-15-13-30(14-16-31)18-25(33)29-24-11-12-28-32(24)17-22-5-3-4-6-23(22)27/h3-12,19H,13-18H2,1-2H3,(H,29,33). The van der Waals surface area contributed by atoms with Gasteiger partial charge in [-0.25, -0.2) is 4.68 Å². The van der Waals surface area contributed by atoms with E-state index in [9.17, 15) is 9.59 Å². The van der Waals surface area contributed by atoms with Gasteiger partial charge in [-0.15, -0.1) is 0 Å². The molecule has 0 spiro atoms. The third kappa shape index (κ3) is 5.85. The van der Waals surface area contributed by atoms with Gasteiger partial charge in [0.2, 0.25) is 5.91 Å². The summed E-state index contributed by atoms with van der Waals surface area (Å²) in [4.78, 5) is 29.4. The molecule has 1 aliphatic heterocycles. The fraction of sp³-hybridized carbons (Fsp3) is 0.346. The largest absolute Gasteiger partial charge is 0.336 e. The van der Waals surface area contributed by atoms with E-state index >= 15 is 0 Å². The highest BCUT2D eigenvalue weighted by Crippen LogP contribution is 2.19. The van der Waals surface area contributed by atoms with E-state index in [0.717, 1.165) is 5.56 Å². The quantitative estimate of drug-likeness (QED) is 0.553. The summed E-state index contributed by atoms with van der Waals surface area (Å²) in [6.45, 7) is 7.52. The summed E-state index contributed by atoms with van der Waals surface area (Å²) in [5.74, 6) is 1.00. The number of carbonyl (C=O) groups is 2. The van der Waals surface area contributed by atoms with E-state index in [0.29, 0.717) is 55.0 Å². The third-order valence-corrected chi connectivity index (χ3v) is 6.48. The zero-order valence-electron chi connectivity index (χ0n) is 19.6. The van der Waals surface area contributed by atoms with Crippen LogP contribution in [0.25, 0.3) is 0 Å². The van der Waals surface area contributed by atoms with Gasteiger partial charge in [0, 0.05) is 42.8 Å². The molecule has 0 radical (unpaired) electrons. The smallest absolute Gasteiger partial charge is 0.253 e. The fourth-order valence-corrected chi connectivity index (χ4v) is 4.24. The molecule has 1 aromatic heterocycles. The lowest BCUT2D eigenvalue weighted by Crippen LogP contribution is -2.50. The fourth-order valence-electron chi connectivity index (χ4n) is 4.04. The third-order valence-electron chi connectivity index (χ3n) is 6.11. The highest BCUT2D eigenvalue weighted by Gasteiger charge is 2.23. The maximum atomic E-state index is 12.8. The van der Waals surface area contributed by atoms with E-state index in [1.807, 2.05) is 53.4 Å². The maximum Gasteiger partial charge on any atom is 0.253 e. The number of hydrogen-bond acceptors (Lipinski definition) is 4. The van der Waals surface area contributed by atoms with E-state index < -0.39 is 0 Å². The second-order valence-corrected chi connectivity index (χ2v) is 9.27. The van der Waals surface area contributed by atoms with Crippen molar-refractivity contribution in [2.45, 2.75) is 26.3 Å². The van der Waals surface area contributed by atoms with Crippen molar-refractivity contribution in [3.8, 4) is 0 Å². The minimum Gasteiger partial charge on any atom is -0.336 e. The lowest BCUT2D eigenvalue weighted by molar-refractivity contribution is -0.117. The van der Waals surface area contributed by atoms with Gasteiger partial charge in [-0.05, 0) is 35.2 Å². The molecule has 7 nitrogen and oxygen atoms in total. The molecule has 34 heavy (non-hydrogen) atoms. The van der Waals surface area contributed by atoms with Crippen molar-refractivity contribution in [1.82, 2.24) is 19.6 Å². The van der Waals surface area contributed by atoms with Crippen LogP contribution >= 0.6 is 11.6 Å². The highest BCUT2D eigenvalue weighted by molar-refractivity contribution is 6.31. The van der Waals surface area contributed by atoms with Gasteiger partial charge in [0.25, 0.3) is 5.91 Å². The van der Waals surface area contributed by atoms with Gasteiger partial charge in [0.05, 0.1) is 19.3 Å². The zero-order chi connectivity index (χ0) is 24.1. The number of aromatic nitrogens is 2. The van der Waals surface area contributed by atoms with Gasteiger partial charge in [-0.1, -0.05) is 55.8 Å². The average Bonchev–Trinajstić information content (AvgIpc) is 3.27. The Kier molecular flexibility index (Phi) is 7.65. The number of hydrogen-bond donors (Lipinski definition) is 1. The van der Waals surface area contributed by atoms with Crippen molar-refractivity contribution < 1.29 is 9.59 Å². The first-order valence-electron chi connectivity index (χ1n) is 11.6. The minimum atomic E-state index is -0.107. The highest BCUT2D eigenvalue weighted by atomic mass is 35.5. The Morgan fingerprint density at radius 3 is 2.38 bits per heavy atom. The average molecular weight is 480 g/mol. The molecular formula is C26H30ClN5O2. The summed E-state index contributed by atoms with van der Waals surface area (Å²) in [5, 5.41) is 7.92. The number of amides is 2. The molecule has 1 fully saturated rings. The summed E-state index contributed by atoms with van der Waals surface area (Å²) in [7, 11) is 0. The van der Waals surface area contributed by atoms with E-state index in [-0.39, 0.29) is 18.4 Å². The molecule has 8 heteroatoms. The summed E-state index contributed by atoms with van der Waals surface area (Å²) in [5.41, 5.74) is 2.87. The van der Waals surface area contributed by atoms with Crippen LogP contribution in [0.4, 0.5) is 5.82 Å². The van der Waals surface area contributed by atoms with E-state index in [4.69, 9.17) is 11.6 Å². The summed E-state index contributed by atoms with van der Waals surface area (Å²) >= 11 is 6.26. The molecule has 0 unspecified atom stereocenters. The molecular weight excluding hydrogens is 450 g/mol. The second-order valence-electron chi connectivity index (χ2n) is 8.86. The van der Waals surface area contributed by atoms with Crippen LogP contribution in [0.5, 0.6) is 0 Å². The van der Waals surface area contributed by atoms with Crippen molar-refractivity contribution in [2.75, 3.05) is 38.0 Å². The van der Waals surface area contributed by atoms with Crippen LogP contribution in [0, 0.1) is 0 Å². The number of anilines is 1. The van der Waals surface area contributed by atoms with Crippen molar-refractivity contribution in [2.24, 2.45) is 0 Å². The first kappa shape index (κ1) is 24.0. The van der Waals surface area contributed by atoms with Gasteiger partial charge in [0.1, 0.15) is 5.82 Å². The number of piperazine rings is 1. The lowest BCUT2D eigenvalue weighted by atomic mass is 10.0. The Hall–Kier alpha value is -3.16. The van der Waals surface area contributed by atoms with Gasteiger partial charge < -0.3 is 10.2 Å². The topological polar surface area (TPSA) is 70.5 Å². The Morgan fingerprint density at radius 2 is 1.71 bits per heavy atom. The normalized spacial score (nSPS) is 14.4. The van der Waals surface area contributed by atoms with Crippen LogP contribution in [0.1, 0.15) is 41.3 Å². The lowest BCUT2D eigenvalue weighted by Gasteiger charge is -2.34. The van der Waals surface area contributed by atoms with Crippen LogP contribution in [0.15, 0.2) is 60.8 Å². The molecule has 1 aliphatic rings. The van der Waals surface area contributed by atoms with Crippen LogP contribution in [0.2, 0.25) is 5.02 Å². The predicted molar refractivity (Wildman–Crippen MR) is 134 cm³/mol. The van der Waals surface area contributed by atoms with Crippen LogP contribution in [0.3, 0.4) is 0 Å². The minimum absolute atomic E-state index is 0.0443. The molecule has 0 atom stereocenters. The molecule has 2 aromatic carbocycles. The van der Waals surface area contributed by atoms with E-state index in [2.05, 4.69) is 29.2 Å². The Bertz CT molecular complexity index is 1130. The summed E-state index contributed by atoms with van der Waals surface area (Å²) in [6.07, 6.45) is 1.66. The Labute approximate surface area is 205 Å². The second kappa shape index (κ2) is 10.8. The molecule has 4 rings (SSSR count). The molecule has 0 saturated carbocycles. The van der Waals surface area contributed by atoms with Gasteiger partial charge in [-0.3, -0.25) is 14.5 Å². The van der Waals surface area contributed by atoms with Crippen LogP contribution in [-0.4, -0.2) is 64.1 Å². The van der Waals surface area contributed by atoms with Crippen LogP contribution in [-0.2, 0) is 11.3 Å². The zero-order valence-corrected chi connectivity index (χ0v) is 20.3. The molecule has 1 N–H and O–H groups in total. The number of rotatable bonds is 7. The molecule has 3 aromatic rings. The van der Waals surface area contributed by atoms with Crippen LogP contribution < -0.4 is 5.32 Å². The first-order chi connectivity index (χ1) is 16.4. The molecule has 0 aliphatic carbocycles. The summed E-state index contributed by atoms with van der Waals surface area (Å²) < 4.78 is 1.72. The first-order valence-corrected chi connectivity index (χ1v) is 11.9. The van der Waals surface area contributed by atoms with Crippen molar-refractivity contribution in [1.29, 1.82) is 0 Å². The Morgan fingerprint density at radius 1 is 1.00 bits per heavy atom. The SMILES string of the molecule is CC(C)c1ccc(C(=O)N2CCN(CC(=O)Nc3ccnn3Cc3ccccc3Cl)CC2)cc1. The molecule has 1 saturated heterocycles. The number of carbonyl (C=O) groups excluding carboxylic acids is 2. The van der Waals surface area contributed by atoms with Gasteiger partial charge in [0.15, 0.2) is 0 Å². The monoisotopic (exact) mass is 479 g/mol. The number of benzene rings is 2. The number of nitrogens with zero attached hydrogens (tertiary/aromatic N) is 4. The van der Waals surface area contributed by atoms with Gasteiger partial charge >= 0.3 is 0 Å². The number of nitrogens with one attached hydrogen (secondary N) is 1. The molecule has 178 valence electrons. The molecule has 2 heterocycles. The van der Waals surface area contributed by atoms with Crippen molar-refractivity contribution in [3.63, 3.8) is 0 Å². The maximum absolute atomic E-state index is 12.8. The molecule has 0 bridgehead atoms. The number of halogens is 1. The van der Waals surface area contributed by atoms with Crippen molar-refractivity contribution >= 4 is 29.2 Å². The van der Waals surface area contributed by atoms with E-state index in [1.54, 1.807) is 16.9 Å². The van der Waals surface area contributed by atoms with Crippen molar-refractivity contribution in [3.05, 3.63) is 82.5 Å². The Balaban J connectivity index is 1.27. The molecule has 2 amide bonds. The van der Waals surface area contributed by atoms with Gasteiger partial charge in [-0.2, -0.15) is 5.10 Å². The predicted octanol–water partition coefficient (Wildman–Crippen LogP) is 4.10.